The number of aryl methyl sites for hydroxylation is 1. The van der Waals surface area contributed by atoms with Crippen LogP contribution in [0.15, 0.2) is 66.2 Å². The van der Waals surface area contributed by atoms with E-state index in [1.165, 1.54) is 18.3 Å². The summed E-state index contributed by atoms with van der Waals surface area (Å²) in [4.78, 5) is 63.7. The molecule has 9 N–H and O–H groups in total. The lowest BCUT2D eigenvalue weighted by Gasteiger charge is -2.42. The number of nitrogens with two attached hydrogens (primary N) is 4. The Morgan fingerprint density at radius 1 is 0.603 bits per heavy atom. The van der Waals surface area contributed by atoms with Gasteiger partial charge in [-0.15, -0.1) is 0 Å². The van der Waals surface area contributed by atoms with Gasteiger partial charge in [-0.05, 0) is 95.4 Å². The summed E-state index contributed by atoms with van der Waals surface area (Å²) in [5.41, 5.74) is 27.1. The van der Waals surface area contributed by atoms with E-state index in [0.29, 0.717) is 79.1 Å². The van der Waals surface area contributed by atoms with E-state index >= 15 is 8.78 Å². The molecule has 18 nitrogen and oxygen atoms in total. The smallest absolute Gasteiger partial charge is 0.341 e. The van der Waals surface area contributed by atoms with E-state index in [2.05, 4.69) is 39.2 Å². The molecule has 4 atom stereocenters. The molecule has 6 heterocycles. The number of carboxylic acid groups (broad SMARTS) is 1. The van der Waals surface area contributed by atoms with Crippen LogP contribution in [0.25, 0.3) is 21.8 Å². The van der Waals surface area contributed by atoms with E-state index < -0.39 is 17.2 Å². The van der Waals surface area contributed by atoms with E-state index in [1.807, 2.05) is 21.7 Å². The van der Waals surface area contributed by atoms with Gasteiger partial charge in [-0.3, -0.25) is 19.6 Å². The van der Waals surface area contributed by atoms with Crippen molar-refractivity contribution in [1.82, 2.24) is 18.9 Å². The number of unbranched alkanes of at least 4 members (excludes halogenated alkanes) is 3. The fourth-order valence-electron chi connectivity index (χ4n) is 11.1. The minimum Gasteiger partial charge on any atom is -0.477 e. The maximum Gasteiger partial charge on any atom is 0.341 e. The van der Waals surface area contributed by atoms with Crippen LogP contribution in [0.1, 0.15) is 105 Å². The number of pyridine rings is 2. The van der Waals surface area contributed by atoms with Gasteiger partial charge in [-0.1, -0.05) is 12.8 Å². The number of carboxylic acids is 1. The number of hydrogen-bond donors (Lipinski definition) is 5. The third-order valence-corrected chi connectivity index (χ3v) is 14.7. The van der Waals surface area contributed by atoms with E-state index in [9.17, 15) is 19.5 Å². The Morgan fingerprint density at radius 3 is 1.41 bits per heavy atom. The van der Waals surface area contributed by atoms with Crippen molar-refractivity contribution in [2.24, 2.45) is 42.9 Å². The summed E-state index contributed by atoms with van der Waals surface area (Å²) >= 11 is 0. The SMILES string of the molecule is Cc1cn(C2CC2)c2cc(N3CC4CCC(C3)N4/C(N)=N/C(N)=NCCCCCCN=C(N)/N=C(\N)N3C4CCC3CN(c3cc5c(cc3F)c(=O)c(C(=O)O)cn5C3CC3)C4)c(F)cc2c1=O. The number of carbonyl (C=O) groups is 1. The van der Waals surface area contributed by atoms with Gasteiger partial charge in [0.1, 0.15) is 17.2 Å². The van der Waals surface area contributed by atoms with Crippen molar-refractivity contribution >= 4 is 63.0 Å². The lowest BCUT2D eigenvalue weighted by atomic mass is 10.1. The number of rotatable bonds is 12. The highest BCUT2D eigenvalue weighted by Gasteiger charge is 2.43. The number of aliphatic imine (C=N–C) groups is 4. The molecule has 4 aromatic rings. The molecule has 4 saturated heterocycles. The molecule has 6 fully saturated rings. The summed E-state index contributed by atoms with van der Waals surface area (Å²) in [6.07, 6.45) is 14.0. The predicted molar refractivity (Wildman–Crippen MR) is 261 cm³/mol. The van der Waals surface area contributed by atoms with Gasteiger partial charge in [0.25, 0.3) is 0 Å². The molecular weight excluding hydrogens is 875 g/mol. The molecule has 10 rings (SSSR count). The van der Waals surface area contributed by atoms with Crippen LogP contribution >= 0.6 is 0 Å². The molecule has 2 aromatic heterocycles. The summed E-state index contributed by atoms with van der Waals surface area (Å²) in [7, 11) is 0. The van der Waals surface area contributed by atoms with Crippen LogP contribution in [0.3, 0.4) is 0 Å². The average Bonchev–Trinajstić information content (AvgIpc) is 4.25. The molecule has 4 unspecified atom stereocenters. The second kappa shape index (κ2) is 18.1. The van der Waals surface area contributed by atoms with Gasteiger partial charge in [0.2, 0.25) is 17.3 Å². The molecule has 0 spiro atoms. The van der Waals surface area contributed by atoms with Crippen molar-refractivity contribution in [3.8, 4) is 0 Å². The normalized spacial score (nSPS) is 23.5. The predicted octanol–water partition coefficient (Wildman–Crippen LogP) is 4.10. The Morgan fingerprint density at radius 2 is 1.00 bits per heavy atom. The zero-order valence-corrected chi connectivity index (χ0v) is 38.4. The fourth-order valence-corrected chi connectivity index (χ4v) is 11.1. The summed E-state index contributed by atoms with van der Waals surface area (Å²) < 4.78 is 35.3. The standard InChI is InChI=1S/C48H60F2N14O4/c1-26-20-61(27-6-7-27)38-18-40(36(49)16-33(38)42(26)65)59-21-29-10-11-30(22-59)63(29)47(53)57-45(51)55-14-4-2-3-5-15-56-46(52)58-48(54)64-31-12-13-32(64)24-60(23-31)41-19-39-34(17-37(41)50)43(66)35(44(67)68)25-62(39)28-8-9-28/h16-20,25,27-32H,2-15,21-24H2,1H3,(H,67,68)(H4,51,53,55,57)(H4,52,54,56,58). The molecular formula is C48H60F2N14O4. The number of benzene rings is 2. The van der Waals surface area contributed by atoms with Gasteiger partial charge in [-0.25, -0.2) is 13.6 Å². The van der Waals surface area contributed by atoms with Gasteiger partial charge in [0, 0.05) is 104 Å². The minimum atomic E-state index is -1.32. The van der Waals surface area contributed by atoms with Gasteiger partial charge >= 0.3 is 5.97 Å². The molecule has 4 bridgehead atoms. The van der Waals surface area contributed by atoms with Crippen molar-refractivity contribution in [1.29, 1.82) is 0 Å². The number of anilines is 2. The molecule has 4 aliphatic heterocycles. The zero-order chi connectivity index (χ0) is 47.5. The third kappa shape index (κ3) is 8.68. The summed E-state index contributed by atoms with van der Waals surface area (Å²) in [6, 6.07) is 6.58. The summed E-state index contributed by atoms with van der Waals surface area (Å²) in [5.74, 6) is -1.45. The average molecular weight is 935 g/mol. The monoisotopic (exact) mass is 934 g/mol. The lowest BCUT2D eigenvalue weighted by molar-refractivity contribution is 0.0694. The van der Waals surface area contributed by atoms with Crippen molar-refractivity contribution in [3.63, 3.8) is 0 Å². The molecule has 0 radical (unpaired) electrons. The van der Waals surface area contributed by atoms with Gasteiger partial charge in [0.15, 0.2) is 17.3 Å². The third-order valence-electron chi connectivity index (χ3n) is 14.7. The first-order valence-corrected chi connectivity index (χ1v) is 24.1. The van der Waals surface area contributed by atoms with Crippen LogP contribution < -0.4 is 43.6 Å². The van der Waals surface area contributed by atoms with Crippen molar-refractivity contribution < 1.29 is 18.7 Å². The van der Waals surface area contributed by atoms with Crippen molar-refractivity contribution in [3.05, 3.63) is 79.9 Å². The lowest BCUT2D eigenvalue weighted by Crippen LogP contribution is -2.58. The molecule has 360 valence electrons. The molecule has 68 heavy (non-hydrogen) atoms. The van der Waals surface area contributed by atoms with Crippen molar-refractivity contribution in [2.75, 3.05) is 49.1 Å². The van der Waals surface area contributed by atoms with Crippen LogP contribution in [0.5, 0.6) is 0 Å². The molecule has 20 heteroatoms. The number of halogens is 2. The van der Waals surface area contributed by atoms with Crippen LogP contribution in [-0.4, -0.2) is 117 Å². The number of guanidine groups is 4. The van der Waals surface area contributed by atoms with E-state index in [4.69, 9.17) is 22.9 Å². The first-order chi connectivity index (χ1) is 32.7. The highest BCUT2D eigenvalue weighted by Crippen LogP contribution is 2.41. The maximum atomic E-state index is 15.7. The van der Waals surface area contributed by atoms with Gasteiger partial charge in [0.05, 0.1) is 22.4 Å². The second-order valence-corrected chi connectivity index (χ2v) is 19.5. The number of piperazine rings is 2. The van der Waals surface area contributed by atoms with E-state index in [-0.39, 0.29) is 70.3 Å². The topological polar surface area (TPSA) is 248 Å². The first-order valence-electron chi connectivity index (χ1n) is 24.1. The Kier molecular flexibility index (Phi) is 12.0. The largest absolute Gasteiger partial charge is 0.477 e. The van der Waals surface area contributed by atoms with Crippen LogP contribution in [-0.2, 0) is 0 Å². The molecule has 2 aliphatic carbocycles. The van der Waals surface area contributed by atoms with Crippen LogP contribution in [0.4, 0.5) is 20.2 Å². The van der Waals surface area contributed by atoms with E-state index in [1.54, 1.807) is 13.0 Å². The number of aromatic carboxylic acids is 1. The highest BCUT2D eigenvalue weighted by atomic mass is 19.1. The van der Waals surface area contributed by atoms with Crippen LogP contribution in [0.2, 0.25) is 0 Å². The maximum absolute atomic E-state index is 15.7. The molecule has 0 amide bonds. The van der Waals surface area contributed by atoms with Gasteiger partial charge < -0.3 is 56.8 Å². The highest BCUT2D eigenvalue weighted by molar-refractivity contribution is 5.96. The molecule has 6 aliphatic rings. The summed E-state index contributed by atoms with van der Waals surface area (Å²) in [6.45, 7) is 4.91. The number of fused-ring (bicyclic) bond motifs is 6. The van der Waals surface area contributed by atoms with Crippen molar-refractivity contribution in [2.45, 2.75) is 120 Å². The number of hydrogen-bond acceptors (Lipinski definition) is 7. The number of aromatic nitrogens is 2. The van der Waals surface area contributed by atoms with E-state index in [0.717, 1.165) is 82.6 Å². The Hall–Kier alpha value is -6.73. The Labute approximate surface area is 391 Å². The number of nitrogens with zero attached hydrogens (tertiary/aromatic N) is 10. The molecule has 2 saturated carbocycles. The second-order valence-electron chi connectivity index (χ2n) is 19.5. The Bertz CT molecular complexity index is 2890. The summed E-state index contributed by atoms with van der Waals surface area (Å²) in [5, 5.41) is 10.1. The van der Waals surface area contributed by atoms with Crippen LogP contribution in [0, 0.1) is 18.6 Å². The molecule has 2 aromatic carbocycles. The first kappa shape index (κ1) is 45.1. The fraction of sp³-hybridized carbons (Fsp3) is 0.521. The Balaban J connectivity index is 0.679. The van der Waals surface area contributed by atoms with Gasteiger partial charge in [-0.2, -0.15) is 9.98 Å². The quantitative estimate of drug-likeness (QED) is 0.0766. The minimum absolute atomic E-state index is 0.0284. The zero-order valence-electron chi connectivity index (χ0n) is 38.4.